The molecule has 0 bridgehead atoms. The van der Waals surface area contributed by atoms with Crippen LogP contribution < -0.4 is 0 Å². The van der Waals surface area contributed by atoms with Crippen molar-refractivity contribution in [3.8, 4) is 0 Å². The van der Waals surface area contributed by atoms with Gasteiger partial charge in [-0.2, -0.15) is 4.31 Å². The molecule has 21 heavy (non-hydrogen) atoms. The highest BCUT2D eigenvalue weighted by Gasteiger charge is 2.40. The molecule has 7 heteroatoms. The van der Waals surface area contributed by atoms with E-state index in [1.807, 2.05) is 13.8 Å². The van der Waals surface area contributed by atoms with Gasteiger partial charge < -0.3 is 0 Å². The SMILES string of the molecule is CC(C)CN(C1CC1)S(=O)(=O)c1cc(CCl)cc(F)c1F. The average Bonchev–Trinajstić information content (AvgIpc) is 3.22. The minimum absolute atomic E-state index is 0.0761. The fourth-order valence-electron chi connectivity index (χ4n) is 2.17. The molecule has 1 saturated carbocycles. The van der Waals surface area contributed by atoms with Crippen molar-refractivity contribution in [2.24, 2.45) is 5.92 Å². The lowest BCUT2D eigenvalue weighted by Crippen LogP contribution is -2.36. The van der Waals surface area contributed by atoms with Crippen molar-refractivity contribution >= 4 is 21.6 Å². The summed E-state index contributed by atoms with van der Waals surface area (Å²) in [5.74, 6) is -2.50. The smallest absolute Gasteiger partial charge is 0.207 e. The zero-order valence-electron chi connectivity index (χ0n) is 11.9. The topological polar surface area (TPSA) is 37.4 Å². The Balaban J connectivity index is 2.49. The molecule has 0 heterocycles. The van der Waals surface area contributed by atoms with Gasteiger partial charge in [-0.25, -0.2) is 17.2 Å². The Bertz CT molecular complexity index is 630. The summed E-state index contributed by atoms with van der Waals surface area (Å²) in [6.45, 7) is 4.06. The van der Waals surface area contributed by atoms with Crippen molar-refractivity contribution in [3.63, 3.8) is 0 Å². The van der Waals surface area contributed by atoms with Crippen LogP contribution in [-0.4, -0.2) is 25.3 Å². The van der Waals surface area contributed by atoms with Gasteiger partial charge in [-0.3, -0.25) is 0 Å². The van der Waals surface area contributed by atoms with Crippen molar-refractivity contribution in [3.05, 3.63) is 29.3 Å². The van der Waals surface area contributed by atoms with Gasteiger partial charge in [0, 0.05) is 18.5 Å². The van der Waals surface area contributed by atoms with Gasteiger partial charge >= 0.3 is 0 Å². The van der Waals surface area contributed by atoms with Crippen LogP contribution in [0.1, 0.15) is 32.3 Å². The molecule has 0 N–H and O–H groups in total. The standard InChI is InChI=1S/C14H18ClF2NO2S/c1-9(2)8-18(11-3-4-11)21(19,20)13-6-10(7-15)5-12(16)14(13)17/h5-6,9,11H,3-4,7-8H2,1-2H3. The van der Waals surface area contributed by atoms with Gasteiger partial charge in [0.1, 0.15) is 4.90 Å². The predicted molar refractivity (Wildman–Crippen MR) is 77.7 cm³/mol. The highest BCUT2D eigenvalue weighted by molar-refractivity contribution is 7.89. The van der Waals surface area contributed by atoms with E-state index in [2.05, 4.69) is 0 Å². The summed E-state index contributed by atoms with van der Waals surface area (Å²) in [5, 5.41) is 0. The molecule has 0 amide bonds. The Morgan fingerprint density at radius 3 is 2.43 bits per heavy atom. The third kappa shape index (κ3) is 3.55. The van der Waals surface area contributed by atoms with Crippen molar-refractivity contribution in [2.45, 2.75) is 43.5 Å². The molecule has 0 saturated heterocycles. The molecule has 3 nitrogen and oxygen atoms in total. The zero-order chi connectivity index (χ0) is 15.8. The Labute approximate surface area is 129 Å². The van der Waals surface area contributed by atoms with Crippen LogP contribution in [0, 0.1) is 17.6 Å². The number of hydrogen-bond donors (Lipinski definition) is 0. The molecule has 0 spiro atoms. The van der Waals surface area contributed by atoms with Crippen LogP contribution in [0.15, 0.2) is 17.0 Å². The molecule has 1 fully saturated rings. The highest BCUT2D eigenvalue weighted by atomic mass is 35.5. The van der Waals surface area contributed by atoms with E-state index < -0.39 is 26.6 Å². The quantitative estimate of drug-likeness (QED) is 0.745. The first kappa shape index (κ1) is 16.6. The monoisotopic (exact) mass is 337 g/mol. The third-order valence-electron chi connectivity index (χ3n) is 3.29. The molecule has 0 aromatic heterocycles. The minimum atomic E-state index is -4.06. The van der Waals surface area contributed by atoms with Crippen molar-refractivity contribution in [1.82, 2.24) is 4.31 Å². The summed E-state index contributed by atoms with van der Waals surface area (Å²) in [5.41, 5.74) is 0.245. The van der Waals surface area contributed by atoms with Crippen LogP contribution in [0.5, 0.6) is 0 Å². The number of benzene rings is 1. The predicted octanol–water partition coefficient (Wildman–Crippen LogP) is 3.51. The van der Waals surface area contributed by atoms with Gasteiger partial charge in [-0.15, -0.1) is 11.6 Å². The third-order valence-corrected chi connectivity index (χ3v) is 5.52. The summed E-state index contributed by atoms with van der Waals surface area (Å²) in [6.07, 6.45) is 1.51. The first-order valence-electron chi connectivity index (χ1n) is 6.83. The van der Waals surface area contributed by atoms with E-state index in [1.54, 1.807) is 0 Å². The van der Waals surface area contributed by atoms with Crippen molar-refractivity contribution in [2.75, 3.05) is 6.54 Å². The van der Waals surface area contributed by atoms with E-state index >= 15 is 0 Å². The van der Waals surface area contributed by atoms with Crippen LogP contribution in [0.3, 0.4) is 0 Å². The van der Waals surface area contributed by atoms with E-state index in [1.165, 1.54) is 4.31 Å². The maximum Gasteiger partial charge on any atom is 0.246 e. The number of nitrogens with zero attached hydrogens (tertiary/aromatic N) is 1. The second-order valence-electron chi connectivity index (χ2n) is 5.72. The second kappa shape index (κ2) is 6.18. The van der Waals surface area contributed by atoms with E-state index in [9.17, 15) is 17.2 Å². The molecular weight excluding hydrogens is 320 g/mol. The van der Waals surface area contributed by atoms with Crippen LogP contribution >= 0.6 is 11.6 Å². The van der Waals surface area contributed by atoms with Crippen LogP contribution in [0.2, 0.25) is 0 Å². The molecule has 2 rings (SSSR count). The van der Waals surface area contributed by atoms with Gasteiger partial charge in [0.25, 0.3) is 0 Å². The molecule has 0 aliphatic heterocycles. The Kier molecular flexibility index (Phi) is 4.90. The average molecular weight is 338 g/mol. The van der Waals surface area contributed by atoms with Crippen molar-refractivity contribution < 1.29 is 17.2 Å². The van der Waals surface area contributed by atoms with E-state index in [0.717, 1.165) is 25.0 Å². The van der Waals surface area contributed by atoms with Gasteiger partial charge in [0.05, 0.1) is 0 Å². The van der Waals surface area contributed by atoms with E-state index in [-0.39, 0.29) is 23.4 Å². The van der Waals surface area contributed by atoms with Crippen LogP contribution in [-0.2, 0) is 15.9 Å². The number of halogens is 3. The molecule has 1 aromatic rings. The molecule has 118 valence electrons. The van der Waals surface area contributed by atoms with Crippen LogP contribution in [0.4, 0.5) is 8.78 Å². The summed E-state index contributed by atoms with van der Waals surface area (Å²) < 4.78 is 54.2. The number of hydrogen-bond acceptors (Lipinski definition) is 2. The summed E-state index contributed by atoms with van der Waals surface area (Å²) in [4.78, 5) is -0.620. The van der Waals surface area contributed by atoms with Crippen molar-refractivity contribution in [1.29, 1.82) is 0 Å². The van der Waals surface area contributed by atoms with Gasteiger partial charge in [-0.05, 0) is 36.5 Å². The molecule has 1 aliphatic carbocycles. The normalized spacial score (nSPS) is 16.0. The first-order chi connectivity index (χ1) is 9.77. The lowest BCUT2D eigenvalue weighted by Gasteiger charge is -2.24. The molecular formula is C14H18ClF2NO2S. The molecule has 0 atom stereocenters. The molecule has 1 aliphatic rings. The molecule has 0 unspecified atom stereocenters. The lowest BCUT2D eigenvalue weighted by molar-refractivity contribution is 0.356. The fraction of sp³-hybridized carbons (Fsp3) is 0.571. The second-order valence-corrected chi connectivity index (χ2v) is 7.85. The minimum Gasteiger partial charge on any atom is -0.207 e. The molecule has 0 radical (unpaired) electrons. The number of rotatable bonds is 6. The fourth-order valence-corrected chi connectivity index (χ4v) is 4.30. The molecule has 1 aromatic carbocycles. The number of sulfonamides is 1. The van der Waals surface area contributed by atoms with E-state index in [0.29, 0.717) is 6.54 Å². The highest BCUT2D eigenvalue weighted by Crippen LogP contribution is 2.34. The number of alkyl halides is 1. The summed E-state index contributed by atoms with van der Waals surface area (Å²) in [6, 6.07) is 1.93. The van der Waals surface area contributed by atoms with E-state index in [4.69, 9.17) is 11.6 Å². The Morgan fingerprint density at radius 1 is 1.33 bits per heavy atom. The Morgan fingerprint density at radius 2 is 1.95 bits per heavy atom. The zero-order valence-corrected chi connectivity index (χ0v) is 13.5. The maximum atomic E-state index is 14.0. The van der Waals surface area contributed by atoms with Gasteiger partial charge in [0.2, 0.25) is 10.0 Å². The summed E-state index contributed by atoms with van der Waals surface area (Å²) >= 11 is 5.61. The Hall–Kier alpha value is -0.720. The van der Waals surface area contributed by atoms with Gasteiger partial charge in [-0.1, -0.05) is 13.8 Å². The van der Waals surface area contributed by atoms with Crippen LogP contribution in [0.25, 0.3) is 0 Å². The lowest BCUT2D eigenvalue weighted by atomic mass is 10.2. The largest absolute Gasteiger partial charge is 0.246 e. The first-order valence-corrected chi connectivity index (χ1v) is 8.80. The maximum absolute atomic E-state index is 14.0. The summed E-state index contributed by atoms with van der Waals surface area (Å²) in [7, 11) is -4.06. The van der Waals surface area contributed by atoms with Gasteiger partial charge in [0.15, 0.2) is 11.6 Å².